The van der Waals surface area contributed by atoms with Crippen LogP contribution in [-0.4, -0.2) is 215 Å². The van der Waals surface area contributed by atoms with Gasteiger partial charge in [-0.3, -0.25) is 53.2 Å². The second kappa shape index (κ2) is 26.5. The Kier molecular flexibility index (Phi) is 20.7. The molecule has 0 saturated carbocycles. The number of hydrogen-bond donors (Lipinski definition) is 13. The molecule has 4 rings (SSSR count). The Hall–Kier alpha value is -7.41. The number of rotatable bonds is 20. The van der Waals surface area contributed by atoms with Gasteiger partial charge in [-0.2, -0.15) is 0 Å². The molecule has 0 unspecified atom stereocenters. The molecule has 0 aliphatic carbocycles. The minimum absolute atomic E-state index is 0.00615. The highest BCUT2D eigenvalue weighted by Crippen LogP contribution is 2.29. The number of phenolic OH excluding ortho intramolecular Hbond substituents is 6. The molecule has 24 nitrogen and oxygen atoms in total. The average Bonchev–Trinajstić information content (AvgIpc) is 3.28. The monoisotopic (exact) mass is 938 g/mol. The summed E-state index contributed by atoms with van der Waals surface area (Å²) in [5.41, 5.74) is -0.441. The molecule has 13 N–H and O–H groups in total. The minimum atomic E-state index is -1.09. The smallest absolute Gasteiger partial charge is 0.317 e. The third kappa shape index (κ3) is 17.5. The van der Waals surface area contributed by atoms with Crippen LogP contribution in [0, 0.1) is 0 Å². The Balaban J connectivity index is 1.37. The zero-order valence-electron chi connectivity index (χ0n) is 36.7. The number of nitrogens with one attached hydrogen (secondary N) is 6. The van der Waals surface area contributed by atoms with Crippen LogP contribution in [0.3, 0.4) is 0 Å². The Morgan fingerprint density at radius 2 is 0.612 bits per heavy atom. The van der Waals surface area contributed by atoms with Crippen molar-refractivity contribution in [2.75, 3.05) is 118 Å². The number of para-hydroxylation sites is 3. The molecule has 0 spiro atoms. The van der Waals surface area contributed by atoms with E-state index >= 15 is 0 Å². The average molecular weight is 939 g/mol. The van der Waals surface area contributed by atoms with Crippen molar-refractivity contribution in [3.8, 4) is 34.5 Å². The lowest BCUT2D eigenvalue weighted by Crippen LogP contribution is -2.51. The molecule has 67 heavy (non-hydrogen) atoms. The van der Waals surface area contributed by atoms with E-state index in [9.17, 15) is 69.3 Å². The van der Waals surface area contributed by atoms with Crippen LogP contribution < -0.4 is 31.9 Å². The summed E-state index contributed by atoms with van der Waals surface area (Å²) in [4.78, 5) is 96.0. The van der Waals surface area contributed by atoms with Gasteiger partial charge in [0, 0.05) is 91.6 Å². The Morgan fingerprint density at radius 3 is 0.866 bits per heavy atom. The van der Waals surface area contributed by atoms with Crippen LogP contribution in [0.1, 0.15) is 31.1 Å². The van der Waals surface area contributed by atoms with Crippen molar-refractivity contribution in [1.82, 2.24) is 51.5 Å². The third-order valence-electron chi connectivity index (χ3n) is 10.4. The zero-order valence-corrected chi connectivity index (χ0v) is 36.7. The van der Waals surface area contributed by atoms with Crippen LogP contribution in [0.15, 0.2) is 54.6 Å². The summed E-state index contributed by atoms with van der Waals surface area (Å²) in [5.74, 6) is -7.45. The molecule has 3 aromatic rings. The van der Waals surface area contributed by atoms with E-state index in [1.54, 1.807) is 14.7 Å². The van der Waals surface area contributed by atoms with Crippen molar-refractivity contribution in [3.05, 3.63) is 71.3 Å². The predicted octanol–water partition coefficient (Wildman–Crippen LogP) is -2.84. The van der Waals surface area contributed by atoms with Crippen molar-refractivity contribution >= 4 is 41.4 Å². The number of nitrogens with zero attached hydrogens (tertiary/aromatic N) is 4. The van der Waals surface area contributed by atoms with Gasteiger partial charge < -0.3 is 67.6 Å². The maximum absolute atomic E-state index is 13.2. The topological polar surface area (TPSA) is 346 Å². The summed E-state index contributed by atoms with van der Waals surface area (Å²) in [7, 11) is 0. The number of aliphatic carboxylic acids is 1. The summed E-state index contributed by atoms with van der Waals surface area (Å²) in [6.45, 7) is 1.17. The van der Waals surface area contributed by atoms with Crippen molar-refractivity contribution in [1.29, 1.82) is 0 Å². The zero-order chi connectivity index (χ0) is 48.9. The standard InChI is InChI=1S/C43H58N10O14/c54-31-7-1-4-28(38(31)62)41(65)47-13-10-44-34(57)24-50-16-18-51(25-35(58)45-11-14-48-42(66)29-5-2-8-32(55)39(29)63)20-22-53(27-37(60)61)23-21-52(19-17-50)26-36(59)46-12-15-49-43(67)30-6-3-9-33(56)40(30)64/h1-9,54-56,62-64H,10-27H2,(H,44,57)(H,45,58)(H,46,59)(H,47,65)(H,48,66)(H,49,67)(H,60,61). The van der Waals surface area contributed by atoms with Crippen LogP contribution in [0.2, 0.25) is 0 Å². The molecule has 0 bridgehead atoms. The van der Waals surface area contributed by atoms with Gasteiger partial charge in [0.25, 0.3) is 17.7 Å². The number of carbonyl (C=O) groups excluding carboxylic acids is 6. The molecule has 1 aliphatic rings. The van der Waals surface area contributed by atoms with E-state index in [-0.39, 0.29) is 134 Å². The van der Waals surface area contributed by atoms with Gasteiger partial charge in [-0.15, -0.1) is 0 Å². The Bertz CT molecular complexity index is 2110. The van der Waals surface area contributed by atoms with E-state index in [1.807, 2.05) is 4.90 Å². The van der Waals surface area contributed by atoms with E-state index in [4.69, 9.17) is 0 Å². The van der Waals surface area contributed by atoms with Gasteiger partial charge in [-0.05, 0) is 36.4 Å². The van der Waals surface area contributed by atoms with Gasteiger partial charge in [0.15, 0.2) is 34.5 Å². The van der Waals surface area contributed by atoms with Crippen molar-refractivity contribution in [2.24, 2.45) is 0 Å². The summed E-state index contributed by atoms with van der Waals surface area (Å²) in [6, 6.07) is 11.8. The number of aromatic hydroxyl groups is 6. The molecule has 1 heterocycles. The summed E-state index contributed by atoms with van der Waals surface area (Å²) >= 11 is 0. The van der Waals surface area contributed by atoms with Gasteiger partial charge in [0.1, 0.15) is 0 Å². The predicted molar refractivity (Wildman–Crippen MR) is 239 cm³/mol. The molecule has 1 aliphatic heterocycles. The van der Waals surface area contributed by atoms with Crippen molar-refractivity contribution < 1.29 is 69.3 Å². The van der Waals surface area contributed by atoms with Crippen LogP contribution in [0.4, 0.5) is 0 Å². The van der Waals surface area contributed by atoms with Gasteiger partial charge in [-0.1, -0.05) is 18.2 Å². The highest BCUT2D eigenvalue weighted by molar-refractivity contribution is 5.98. The van der Waals surface area contributed by atoms with Gasteiger partial charge in [0.2, 0.25) is 17.7 Å². The molecule has 6 amide bonds. The highest BCUT2D eigenvalue weighted by atomic mass is 16.4. The number of benzene rings is 3. The number of carboxylic acids is 1. The molecule has 0 atom stereocenters. The summed E-state index contributed by atoms with van der Waals surface area (Å²) in [6.07, 6.45) is 0. The van der Waals surface area contributed by atoms with E-state index in [0.717, 1.165) is 0 Å². The molecular formula is C43H58N10O14. The Morgan fingerprint density at radius 1 is 0.373 bits per heavy atom. The van der Waals surface area contributed by atoms with Crippen molar-refractivity contribution in [2.45, 2.75) is 0 Å². The van der Waals surface area contributed by atoms with E-state index in [0.29, 0.717) is 0 Å². The third-order valence-corrected chi connectivity index (χ3v) is 10.4. The molecule has 3 aromatic carbocycles. The normalized spacial score (nSPS) is 14.4. The number of carbonyl (C=O) groups is 7. The quantitative estimate of drug-likeness (QED) is 0.0401. The van der Waals surface area contributed by atoms with Crippen molar-refractivity contribution in [3.63, 3.8) is 0 Å². The Labute approximate surface area is 385 Å². The largest absolute Gasteiger partial charge is 0.504 e. The lowest BCUT2D eigenvalue weighted by atomic mass is 10.1. The lowest BCUT2D eigenvalue weighted by molar-refractivity contribution is -0.138. The van der Waals surface area contributed by atoms with E-state index in [1.165, 1.54) is 54.6 Å². The molecular weight excluding hydrogens is 881 g/mol. The fraction of sp³-hybridized carbons (Fsp3) is 0.419. The fourth-order valence-corrected chi connectivity index (χ4v) is 6.74. The number of amides is 6. The van der Waals surface area contributed by atoms with Gasteiger partial charge in [0.05, 0.1) is 42.9 Å². The first-order valence-corrected chi connectivity index (χ1v) is 21.3. The highest BCUT2D eigenvalue weighted by Gasteiger charge is 2.23. The molecule has 1 fully saturated rings. The van der Waals surface area contributed by atoms with E-state index in [2.05, 4.69) is 31.9 Å². The number of hydrogen-bond acceptors (Lipinski definition) is 17. The second-order valence-corrected chi connectivity index (χ2v) is 15.3. The van der Waals surface area contributed by atoms with Gasteiger partial charge >= 0.3 is 5.97 Å². The maximum atomic E-state index is 13.2. The summed E-state index contributed by atoms with van der Waals surface area (Å²) in [5, 5.41) is 84.6. The first-order valence-electron chi connectivity index (χ1n) is 21.3. The SMILES string of the molecule is O=C(O)CN1CCN(CC(=O)NCCNC(=O)c2cccc(O)c2O)CCN(CC(=O)NCCNC(=O)c2cccc(O)c2O)CCN(CC(=O)NCCNC(=O)c2cccc(O)c2O)CC1. The number of phenols is 6. The minimum Gasteiger partial charge on any atom is -0.504 e. The van der Waals surface area contributed by atoms with Crippen LogP contribution in [-0.2, 0) is 19.2 Å². The van der Waals surface area contributed by atoms with Crippen LogP contribution in [0.25, 0.3) is 0 Å². The maximum Gasteiger partial charge on any atom is 0.317 e. The number of carboxylic acid groups (broad SMARTS) is 1. The second-order valence-electron chi connectivity index (χ2n) is 15.3. The molecule has 0 aromatic heterocycles. The van der Waals surface area contributed by atoms with Gasteiger partial charge in [-0.25, -0.2) is 0 Å². The first-order chi connectivity index (χ1) is 32.0. The molecule has 364 valence electrons. The first kappa shape index (κ1) is 52.2. The fourth-order valence-electron chi connectivity index (χ4n) is 6.74. The lowest BCUT2D eigenvalue weighted by Gasteiger charge is -2.33. The van der Waals surface area contributed by atoms with Crippen LogP contribution >= 0.6 is 0 Å². The molecule has 1 saturated heterocycles. The van der Waals surface area contributed by atoms with E-state index < -0.39 is 75.9 Å². The molecule has 0 radical (unpaired) electrons. The molecule has 24 heteroatoms. The summed E-state index contributed by atoms with van der Waals surface area (Å²) < 4.78 is 0. The van der Waals surface area contributed by atoms with Crippen LogP contribution in [0.5, 0.6) is 34.5 Å².